The molecule has 0 saturated carbocycles. The molecular formula is C23H19N3O4S. The summed E-state index contributed by atoms with van der Waals surface area (Å²) in [6.07, 6.45) is 0.571. The summed E-state index contributed by atoms with van der Waals surface area (Å²) in [5.74, 6) is 0. The Morgan fingerprint density at radius 3 is 2.42 bits per heavy atom. The number of fused-ring (bicyclic) bond motifs is 5. The second-order valence-corrected chi connectivity index (χ2v) is 9.46. The van der Waals surface area contributed by atoms with E-state index in [2.05, 4.69) is 11.1 Å². The molecule has 1 aliphatic rings. The van der Waals surface area contributed by atoms with Crippen molar-refractivity contribution in [1.29, 1.82) is 0 Å². The largest absolute Gasteiger partial charge is 0.357 e. The minimum Gasteiger partial charge on any atom is -0.357 e. The molecule has 0 unspecified atom stereocenters. The number of nitro benzene ring substituents is 1. The third-order valence-corrected chi connectivity index (χ3v) is 7.58. The van der Waals surface area contributed by atoms with Crippen LogP contribution in [0.4, 0.5) is 5.69 Å². The van der Waals surface area contributed by atoms with Crippen molar-refractivity contribution in [3.8, 4) is 11.1 Å². The van der Waals surface area contributed by atoms with Crippen LogP contribution in [-0.4, -0.2) is 29.2 Å². The summed E-state index contributed by atoms with van der Waals surface area (Å²) in [4.78, 5) is 13.8. The quantitative estimate of drug-likeness (QED) is 0.380. The summed E-state index contributed by atoms with van der Waals surface area (Å²) < 4.78 is 28.3. The number of benzene rings is 3. The zero-order valence-corrected chi connectivity index (χ0v) is 17.3. The number of hydrogen-bond donors (Lipinski definition) is 1. The van der Waals surface area contributed by atoms with Crippen molar-refractivity contribution in [2.45, 2.75) is 17.9 Å². The second kappa shape index (κ2) is 7.33. The molecule has 31 heavy (non-hydrogen) atoms. The number of aromatic nitrogens is 1. The fourth-order valence-electron chi connectivity index (χ4n) is 4.20. The van der Waals surface area contributed by atoms with E-state index in [4.69, 9.17) is 0 Å². The minimum absolute atomic E-state index is 0.0459. The highest BCUT2D eigenvalue weighted by atomic mass is 32.2. The zero-order valence-electron chi connectivity index (χ0n) is 16.5. The van der Waals surface area contributed by atoms with Gasteiger partial charge in [-0.2, -0.15) is 4.31 Å². The number of hydrogen-bond acceptors (Lipinski definition) is 4. The minimum atomic E-state index is -3.84. The first-order chi connectivity index (χ1) is 14.9. The Morgan fingerprint density at radius 2 is 1.65 bits per heavy atom. The normalized spacial score (nSPS) is 14.5. The maximum atomic E-state index is 13.4. The van der Waals surface area contributed by atoms with Crippen LogP contribution in [-0.2, 0) is 23.0 Å². The van der Waals surface area contributed by atoms with Gasteiger partial charge < -0.3 is 4.98 Å². The van der Waals surface area contributed by atoms with Crippen LogP contribution in [0, 0.1) is 10.1 Å². The van der Waals surface area contributed by atoms with E-state index in [0.29, 0.717) is 13.0 Å². The molecule has 8 heteroatoms. The first-order valence-corrected chi connectivity index (χ1v) is 11.3. The van der Waals surface area contributed by atoms with Crippen LogP contribution in [0.1, 0.15) is 11.3 Å². The molecule has 3 aromatic carbocycles. The molecule has 4 aromatic rings. The van der Waals surface area contributed by atoms with Crippen molar-refractivity contribution in [2.24, 2.45) is 0 Å². The Bertz CT molecular complexity index is 1410. The van der Waals surface area contributed by atoms with E-state index in [1.807, 2.05) is 42.5 Å². The van der Waals surface area contributed by atoms with Gasteiger partial charge in [-0.05, 0) is 35.7 Å². The number of nitro groups is 1. The van der Waals surface area contributed by atoms with Gasteiger partial charge >= 0.3 is 0 Å². The SMILES string of the molecule is O=[N+]([O-])c1ccc(S(=O)(=O)N2CCc3ccccc3-c3c([nH]c4ccccc34)C2)cc1. The molecule has 0 fully saturated rings. The molecular weight excluding hydrogens is 414 g/mol. The van der Waals surface area contributed by atoms with Crippen LogP contribution >= 0.6 is 0 Å². The van der Waals surface area contributed by atoms with Gasteiger partial charge in [0.1, 0.15) is 0 Å². The monoisotopic (exact) mass is 433 g/mol. The van der Waals surface area contributed by atoms with Gasteiger partial charge in [-0.1, -0.05) is 42.5 Å². The summed E-state index contributed by atoms with van der Waals surface area (Å²) in [6.45, 7) is 0.503. The van der Waals surface area contributed by atoms with Crippen LogP contribution in [0.2, 0.25) is 0 Å². The third-order valence-electron chi connectivity index (χ3n) is 5.72. The third kappa shape index (κ3) is 3.30. The van der Waals surface area contributed by atoms with Crippen molar-refractivity contribution in [3.05, 3.63) is 94.2 Å². The molecule has 2 heterocycles. The van der Waals surface area contributed by atoms with Gasteiger partial charge in [-0.25, -0.2) is 8.42 Å². The van der Waals surface area contributed by atoms with E-state index in [0.717, 1.165) is 33.3 Å². The van der Waals surface area contributed by atoms with Gasteiger partial charge in [0.25, 0.3) is 5.69 Å². The maximum Gasteiger partial charge on any atom is 0.269 e. The van der Waals surface area contributed by atoms with Gasteiger partial charge in [0, 0.05) is 40.8 Å². The van der Waals surface area contributed by atoms with Gasteiger partial charge in [0.15, 0.2) is 0 Å². The van der Waals surface area contributed by atoms with E-state index in [1.54, 1.807) is 0 Å². The fraction of sp³-hybridized carbons (Fsp3) is 0.130. The summed E-state index contributed by atoms with van der Waals surface area (Å²) in [5.41, 5.74) is 4.86. The number of nitrogens with zero attached hydrogens (tertiary/aromatic N) is 2. The lowest BCUT2D eigenvalue weighted by molar-refractivity contribution is -0.384. The molecule has 5 rings (SSSR count). The Hall–Kier alpha value is -3.49. The first-order valence-electron chi connectivity index (χ1n) is 9.87. The standard InChI is InChI=1S/C23H19N3O4S/c27-26(28)17-9-11-18(12-10-17)31(29,30)25-14-13-16-5-1-2-6-19(16)23-20-7-3-4-8-21(20)24-22(23)15-25/h1-12,24H,13-15H2. The average molecular weight is 433 g/mol. The zero-order chi connectivity index (χ0) is 21.6. The van der Waals surface area contributed by atoms with Crippen LogP contribution < -0.4 is 0 Å². The smallest absolute Gasteiger partial charge is 0.269 e. The number of aromatic amines is 1. The molecule has 1 N–H and O–H groups in total. The molecule has 0 amide bonds. The number of nitrogens with one attached hydrogen (secondary N) is 1. The summed E-state index contributed by atoms with van der Waals surface area (Å²) in [5, 5.41) is 12.0. The topological polar surface area (TPSA) is 96.3 Å². The van der Waals surface area contributed by atoms with Gasteiger partial charge in [-0.3, -0.25) is 10.1 Å². The predicted octanol–water partition coefficient (Wildman–Crippen LogP) is 4.49. The van der Waals surface area contributed by atoms with Crippen molar-refractivity contribution in [1.82, 2.24) is 9.29 Å². The molecule has 7 nitrogen and oxygen atoms in total. The van der Waals surface area contributed by atoms with Gasteiger partial charge in [0.2, 0.25) is 10.0 Å². The van der Waals surface area contributed by atoms with E-state index in [-0.39, 0.29) is 17.1 Å². The molecule has 1 aliphatic heterocycles. The second-order valence-electron chi connectivity index (χ2n) is 7.52. The molecule has 0 bridgehead atoms. The summed E-state index contributed by atoms with van der Waals surface area (Å²) in [7, 11) is -3.84. The number of para-hydroxylation sites is 1. The lowest BCUT2D eigenvalue weighted by atomic mass is 9.94. The number of non-ortho nitro benzene ring substituents is 1. The molecule has 0 atom stereocenters. The van der Waals surface area contributed by atoms with Crippen LogP contribution in [0.25, 0.3) is 22.0 Å². The molecule has 1 aromatic heterocycles. The van der Waals surface area contributed by atoms with Gasteiger partial charge in [0.05, 0.1) is 16.4 Å². The highest BCUT2D eigenvalue weighted by Gasteiger charge is 2.29. The van der Waals surface area contributed by atoms with Crippen molar-refractivity contribution in [3.63, 3.8) is 0 Å². The van der Waals surface area contributed by atoms with E-state index >= 15 is 0 Å². The van der Waals surface area contributed by atoms with E-state index < -0.39 is 14.9 Å². The molecule has 0 radical (unpaired) electrons. The molecule has 0 saturated heterocycles. The number of sulfonamides is 1. The van der Waals surface area contributed by atoms with Crippen molar-refractivity contribution < 1.29 is 13.3 Å². The molecule has 156 valence electrons. The van der Waals surface area contributed by atoms with E-state index in [1.165, 1.54) is 28.6 Å². The lowest BCUT2D eigenvalue weighted by Gasteiger charge is -2.25. The van der Waals surface area contributed by atoms with Gasteiger partial charge in [-0.15, -0.1) is 0 Å². The van der Waals surface area contributed by atoms with Crippen LogP contribution in [0.15, 0.2) is 77.7 Å². The lowest BCUT2D eigenvalue weighted by Crippen LogP contribution is -2.33. The highest BCUT2D eigenvalue weighted by molar-refractivity contribution is 7.89. The van der Waals surface area contributed by atoms with E-state index in [9.17, 15) is 18.5 Å². The first kappa shape index (κ1) is 19.5. The highest BCUT2D eigenvalue weighted by Crippen LogP contribution is 2.37. The number of H-pyrrole nitrogens is 1. The summed E-state index contributed by atoms with van der Waals surface area (Å²) >= 11 is 0. The Morgan fingerprint density at radius 1 is 0.935 bits per heavy atom. The molecule has 0 aliphatic carbocycles. The maximum absolute atomic E-state index is 13.4. The van der Waals surface area contributed by atoms with Crippen LogP contribution in [0.3, 0.4) is 0 Å². The Labute approximate surface area is 179 Å². The number of rotatable bonds is 3. The summed E-state index contributed by atoms with van der Waals surface area (Å²) in [6, 6.07) is 21.1. The molecule has 0 spiro atoms. The average Bonchev–Trinajstić information content (AvgIpc) is 3.12. The van der Waals surface area contributed by atoms with Crippen LogP contribution in [0.5, 0.6) is 0 Å². The fourth-order valence-corrected chi connectivity index (χ4v) is 5.61. The Balaban J connectivity index is 1.63. The predicted molar refractivity (Wildman–Crippen MR) is 118 cm³/mol. The Kier molecular flexibility index (Phi) is 4.60. The van der Waals surface area contributed by atoms with Crippen molar-refractivity contribution >= 4 is 26.6 Å². The van der Waals surface area contributed by atoms with Crippen molar-refractivity contribution in [2.75, 3.05) is 6.54 Å².